The molecule has 0 radical (unpaired) electrons. The Kier molecular flexibility index (Phi) is 2.77. The molecule has 0 aliphatic rings. The number of hydrogen-bond donors (Lipinski definition) is 1. The zero-order valence-corrected chi connectivity index (χ0v) is 7.57. The normalized spacial score (nSPS) is 9.73. The molecular weight excluding hydrogens is 158 g/mol. The molecule has 0 heterocycles. The van der Waals surface area contributed by atoms with Crippen LogP contribution in [-0.4, -0.2) is 6.54 Å². The van der Waals surface area contributed by atoms with E-state index in [2.05, 4.69) is 12.2 Å². The molecule has 1 aromatic carbocycles. The first-order valence-electron chi connectivity index (χ1n) is 3.74. The van der Waals surface area contributed by atoms with E-state index in [9.17, 15) is 0 Å². The van der Waals surface area contributed by atoms with Gasteiger partial charge in [0.2, 0.25) is 0 Å². The van der Waals surface area contributed by atoms with Crippen molar-refractivity contribution in [3.05, 3.63) is 28.8 Å². The van der Waals surface area contributed by atoms with Crippen LogP contribution in [0, 0.1) is 6.92 Å². The van der Waals surface area contributed by atoms with Gasteiger partial charge in [-0.05, 0) is 25.5 Å². The molecular formula is C9H12ClN. The van der Waals surface area contributed by atoms with Gasteiger partial charge in [0.25, 0.3) is 0 Å². The van der Waals surface area contributed by atoms with Gasteiger partial charge < -0.3 is 5.32 Å². The monoisotopic (exact) mass is 169 g/mol. The Morgan fingerprint density at radius 3 is 2.82 bits per heavy atom. The smallest absolute Gasteiger partial charge is 0.0666 e. The molecule has 0 aromatic heterocycles. The van der Waals surface area contributed by atoms with E-state index in [1.54, 1.807) is 0 Å². The maximum Gasteiger partial charge on any atom is 0.0666 e. The lowest BCUT2D eigenvalue weighted by Gasteiger charge is -2.06. The average Bonchev–Trinajstić information content (AvgIpc) is 1.99. The second-order valence-electron chi connectivity index (χ2n) is 2.47. The Balaban J connectivity index is 2.96. The largest absolute Gasteiger partial charge is 0.384 e. The number of nitrogens with one attached hydrogen (secondary N) is 1. The number of hydrogen-bond acceptors (Lipinski definition) is 1. The van der Waals surface area contributed by atoms with Crippen LogP contribution in [-0.2, 0) is 0 Å². The van der Waals surface area contributed by atoms with Crippen LogP contribution >= 0.6 is 11.6 Å². The number of aryl methyl sites for hydroxylation is 1. The van der Waals surface area contributed by atoms with E-state index in [0.29, 0.717) is 0 Å². The first-order chi connectivity index (χ1) is 5.25. The summed E-state index contributed by atoms with van der Waals surface area (Å²) >= 11 is 6.01. The molecule has 60 valence electrons. The lowest BCUT2D eigenvalue weighted by molar-refractivity contribution is 1.21. The highest BCUT2D eigenvalue weighted by atomic mass is 35.5. The van der Waals surface area contributed by atoms with Crippen LogP contribution in [0.2, 0.25) is 5.02 Å². The molecule has 1 aromatic rings. The number of rotatable bonds is 2. The van der Waals surface area contributed by atoms with E-state index in [1.165, 1.54) is 0 Å². The lowest BCUT2D eigenvalue weighted by Crippen LogP contribution is -1.97. The molecule has 0 spiro atoms. The first-order valence-corrected chi connectivity index (χ1v) is 4.12. The SMILES string of the molecule is CCNc1cccc(C)c1Cl. The Hall–Kier alpha value is -0.690. The molecule has 0 fully saturated rings. The lowest BCUT2D eigenvalue weighted by atomic mass is 10.2. The third kappa shape index (κ3) is 1.87. The maximum atomic E-state index is 6.01. The van der Waals surface area contributed by atoms with Gasteiger partial charge in [0, 0.05) is 6.54 Å². The molecule has 0 aliphatic heterocycles. The van der Waals surface area contributed by atoms with Gasteiger partial charge in [0.1, 0.15) is 0 Å². The number of benzene rings is 1. The minimum absolute atomic E-state index is 0.828. The summed E-state index contributed by atoms with van der Waals surface area (Å²) in [6.07, 6.45) is 0. The summed E-state index contributed by atoms with van der Waals surface area (Å²) in [5.41, 5.74) is 2.14. The summed E-state index contributed by atoms with van der Waals surface area (Å²) < 4.78 is 0. The topological polar surface area (TPSA) is 12.0 Å². The molecule has 0 saturated carbocycles. The van der Waals surface area contributed by atoms with Crippen molar-refractivity contribution in [3.63, 3.8) is 0 Å². The standard InChI is InChI=1S/C9H12ClN/c1-3-11-8-6-4-5-7(2)9(8)10/h4-6,11H,3H2,1-2H3. The zero-order chi connectivity index (χ0) is 8.27. The molecule has 2 heteroatoms. The third-order valence-electron chi connectivity index (χ3n) is 1.56. The zero-order valence-electron chi connectivity index (χ0n) is 6.82. The van der Waals surface area contributed by atoms with Gasteiger partial charge in [-0.25, -0.2) is 0 Å². The molecule has 0 saturated heterocycles. The minimum Gasteiger partial charge on any atom is -0.384 e. The average molecular weight is 170 g/mol. The summed E-state index contributed by atoms with van der Waals surface area (Å²) in [5, 5.41) is 4.01. The van der Waals surface area contributed by atoms with Crippen molar-refractivity contribution in [2.24, 2.45) is 0 Å². The van der Waals surface area contributed by atoms with Crippen LogP contribution in [0.25, 0.3) is 0 Å². The van der Waals surface area contributed by atoms with Crippen LogP contribution in [0.5, 0.6) is 0 Å². The van der Waals surface area contributed by atoms with Crippen molar-refractivity contribution in [3.8, 4) is 0 Å². The highest BCUT2D eigenvalue weighted by Crippen LogP contribution is 2.24. The second kappa shape index (κ2) is 3.63. The Morgan fingerprint density at radius 2 is 2.18 bits per heavy atom. The van der Waals surface area contributed by atoms with Crippen LogP contribution in [0.3, 0.4) is 0 Å². The van der Waals surface area contributed by atoms with Crippen molar-refractivity contribution in [2.75, 3.05) is 11.9 Å². The minimum atomic E-state index is 0.828. The summed E-state index contributed by atoms with van der Waals surface area (Å²) in [6.45, 7) is 4.96. The van der Waals surface area contributed by atoms with E-state index in [0.717, 1.165) is 22.8 Å². The molecule has 0 aliphatic carbocycles. The van der Waals surface area contributed by atoms with E-state index in [-0.39, 0.29) is 0 Å². The molecule has 0 unspecified atom stereocenters. The molecule has 0 bridgehead atoms. The van der Waals surface area contributed by atoms with E-state index in [4.69, 9.17) is 11.6 Å². The van der Waals surface area contributed by atoms with Gasteiger partial charge in [-0.3, -0.25) is 0 Å². The van der Waals surface area contributed by atoms with Crippen LogP contribution in [0.4, 0.5) is 5.69 Å². The summed E-state index contributed by atoms with van der Waals surface area (Å²) in [5.74, 6) is 0. The highest BCUT2D eigenvalue weighted by molar-refractivity contribution is 6.33. The Labute approximate surface area is 72.4 Å². The molecule has 0 atom stereocenters. The molecule has 1 rings (SSSR count). The summed E-state index contributed by atoms with van der Waals surface area (Å²) in [6, 6.07) is 5.99. The van der Waals surface area contributed by atoms with Crippen molar-refractivity contribution < 1.29 is 0 Å². The van der Waals surface area contributed by atoms with Gasteiger partial charge in [-0.15, -0.1) is 0 Å². The fraction of sp³-hybridized carbons (Fsp3) is 0.333. The first kappa shape index (κ1) is 8.41. The fourth-order valence-corrected chi connectivity index (χ4v) is 1.17. The van der Waals surface area contributed by atoms with Gasteiger partial charge in [-0.2, -0.15) is 0 Å². The predicted molar refractivity (Wildman–Crippen MR) is 50.4 cm³/mol. The van der Waals surface area contributed by atoms with Crippen molar-refractivity contribution >= 4 is 17.3 Å². The molecule has 1 nitrogen and oxygen atoms in total. The highest BCUT2D eigenvalue weighted by Gasteiger charge is 1.99. The van der Waals surface area contributed by atoms with Gasteiger partial charge in [0.15, 0.2) is 0 Å². The van der Waals surface area contributed by atoms with Crippen molar-refractivity contribution in [1.29, 1.82) is 0 Å². The molecule has 1 N–H and O–H groups in total. The van der Waals surface area contributed by atoms with E-state index >= 15 is 0 Å². The van der Waals surface area contributed by atoms with Gasteiger partial charge in [0.05, 0.1) is 10.7 Å². The van der Waals surface area contributed by atoms with Gasteiger partial charge >= 0.3 is 0 Å². The van der Waals surface area contributed by atoms with Crippen LogP contribution in [0.1, 0.15) is 12.5 Å². The van der Waals surface area contributed by atoms with Crippen molar-refractivity contribution in [2.45, 2.75) is 13.8 Å². The molecule has 11 heavy (non-hydrogen) atoms. The quantitative estimate of drug-likeness (QED) is 0.718. The summed E-state index contributed by atoms with van der Waals surface area (Å²) in [4.78, 5) is 0. The second-order valence-corrected chi connectivity index (χ2v) is 2.84. The number of halogens is 1. The predicted octanol–water partition coefficient (Wildman–Crippen LogP) is 3.08. The van der Waals surface area contributed by atoms with E-state index < -0.39 is 0 Å². The third-order valence-corrected chi connectivity index (χ3v) is 2.06. The maximum absolute atomic E-state index is 6.01. The fourth-order valence-electron chi connectivity index (χ4n) is 0.974. The summed E-state index contributed by atoms with van der Waals surface area (Å²) in [7, 11) is 0. The Morgan fingerprint density at radius 1 is 1.45 bits per heavy atom. The van der Waals surface area contributed by atoms with Crippen LogP contribution < -0.4 is 5.32 Å². The van der Waals surface area contributed by atoms with Gasteiger partial charge in [-0.1, -0.05) is 23.7 Å². The molecule has 0 amide bonds. The number of anilines is 1. The van der Waals surface area contributed by atoms with E-state index in [1.807, 2.05) is 25.1 Å². The van der Waals surface area contributed by atoms with Crippen molar-refractivity contribution in [1.82, 2.24) is 0 Å². The Bertz CT molecular complexity index is 245. The van der Waals surface area contributed by atoms with Crippen LogP contribution in [0.15, 0.2) is 18.2 Å².